The Balaban J connectivity index is 0.918. The molecule has 5 atom stereocenters. The topological polar surface area (TPSA) is 8.17 Å². The van der Waals surface area contributed by atoms with Gasteiger partial charge in [-0.05, 0) is 154 Å². The molecular weight excluding hydrogens is 725 g/mol. The average Bonchev–Trinajstić information content (AvgIpc) is 4.06. The fourth-order valence-corrected chi connectivity index (χ4v) is 13.2. The Bertz CT molecular complexity index is 3040. The summed E-state index contributed by atoms with van der Waals surface area (Å²) in [5.74, 6) is 2.84. The van der Waals surface area contributed by atoms with Gasteiger partial charge in [-0.1, -0.05) is 146 Å². The minimum atomic E-state index is 0.268. The first-order valence-electron chi connectivity index (χ1n) is 22.0. The molecule has 8 aromatic carbocycles. The summed E-state index contributed by atoms with van der Waals surface area (Å²) >= 11 is 0. The number of hydrogen-bond donors (Lipinski definition) is 0. The van der Waals surface area contributed by atoms with Gasteiger partial charge in [-0.3, -0.25) is 0 Å². The van der Waals surface area contributed by atoms with E-state index in [1.807, 2.05) is 0 Å². The third kappa shape index (κ3) is 5.00. The molecule has 9 aromatic rings. The van der Waals surface area contributed by atoms with Crippen molar-refractivity contribution in [1.82, 2.24) is 4.57 Å². The van der Waals surface area contributed by atoms with E-state index < -0.39 is 0 Å². The molecule has 14 rings (SSSR count). The summed E-state index contributed by atoms with van der Waals surface area (Å²) < 4.78 is 2.42. The van der Waals surface area contributed by atoms with Gasteiger partial charge in [0.05, 0.1) is 11.0 Å². The lowest BCUT2D eigenvalue weighted by Crippen LogP contribution is -2.38. The molecule has 1 spiro atoms. The van der Waals surface area contributed by atoms with Crippen molar-refractivity contribution >= 4 is 38.9 Å². The molecule has 2 heteroatoms. The summed E-state index contributed by atoms with van der Waals surface area (Å²) in [6.07, 6.45) is 7.07. The normalized spacial score (nSPS) is 23.3. The lowest BCUT2D eigenvalue weighted by molar-refractivity contribution is 0.0381. The Morgan fingerprint density at radius 3 is 1.73 bits per heavy atom. The van der Waals surface area contributed by atoms with Crippen molar-refractivity contribution in [3.63, 3.8) is 0 Å². The summed E-state index contributed by atoms with van der Waals surface area (Å²) in [7, 11) is 0. The van der Waals surface area contributed by atoms with Gasteiger partial charge in [-0.15, -0.1) is 0 Å². The van der Waals surface area contributed by atoms with Crippen LogP contribution in [0.2, 0.25) is 0 Å². The quantitative estimate of drug-likeness (QED) is 0.149. The van der Waals surface area contributed by atoms with E-state index >= 15 is 0 Å². The maximum absolute atomic E-state index is 2.57. The third-order valence-electron chi connectivity index (χ3n) is 15.6. The van der Waals surface area contributed by atoms with E-state index in [0.717, 1.165) is 17.8 Å². The highest BCUT2D eigenvalue weighted by Gasteiger charge is 2.76. The number of fused-ring (bicyclic) bond motifs is 4. The Morgan fingerprint density at radius 2 is 1.03 bits per heavy atom. The van der Waals surface area contributed by atoms with Gasteiger partial charge < -0.3 is 9.47 Å². The van der Waals surface area contributed by atoms with Gasteiger partial charge in [-0.2, -0.15) is 0 Å². The van der Waals surface area contributed by atoms with Crippen LogP contribution in [0.25, 0.3) is 60.9 Å². The highest BCUT2D eigenvalue weighted by molar-refractivity contribution is 6.09. The molecule has 1 heterocycles. The van der Waals surface area contributed by atoms with E-state index in [9.17, 15) is 0 Å². The Morgan fingerprint density at radius 1 is 0.450 bits per heavy atom. The second-order valence-electron chi connectivity index (χ2n) is 18.4. The molecule has 5 aliphatic rings. The van der Waals surface area contributed by atoms with E-state index in [4.69, 9.17) is 0 Å². The van der Waals surface area contributed by atoms with E-state index in [2.05, 4.69) is 210 Å². The van der Waals surface area contributed by atoms with Crippen LogP contribution < -0.4 is 4.90 Å². The van der Waals surface area contributed by atoms with E-state index in [0.29, 0.717) is 5.41 Å². The minimum absolute atomic E-state index is 0.268. The lowest BCUT2D eigenvalue weighted by atomic mass is 9.59. The van der Waals surface area contributed by atoms with Crippen LogP contribution in [0.1, 0.15) is 37.7 Å². The fourth-order valence-electron chi connectivity index (χ4n) is 13.2. The molecule has 1 aromatic heterocycles. The van der Waals surface area contributed by atoms with E-state index in [1.165, 1.54) is 110 Å². The molecule has 0 N–H and O–H groups in total. The van der Waals surface area contributed by atoms with E-state index in [1.54, 1.807) is 5.56 Å². The highest BCUT2D eigenvalue weighted by atomic mass is 15.1. The Kier molecular flexibility index (Phi) is 7.38. The fraction of sp³-hybridized carbons (Fsp3) is 0.172. The molecule has 288 valence electrons. The Labute approximate surface area is 352 Å². The monoisotopic (exact) mass is 770 g/mol. The first-order valence-corrected chi connectivity index (χ1v) is 22.0. The van der Waals surface area contributed by atoms with Gasteiger partial charge >= 0.3 is 0 Å². The predicted octanol–water partition coefficient (Wildman–Crippen LogP) is 15.3. The van der Waals surface area contributed by atoms with Crippen LogP contribution in [0.4, 0.5) is 17.1 Å². The van der Waals surface area contributed by atoms with Gasteiger partial charge in [0.25, 0.3) is 0 Å². The standard InChI is InChI=1S/C58H46N2/c1-2-12-39(13-3-1)40-24-26-41(27-25-40)42-28-30-47(31-29-42)59(56-23-9-6-20-52(56)57-36-46-32-45-35-58(46,38-57)53(45)37-57)48-16-10-14-43(33-48)44-15-11-17-49(34-44)60-54-21-7-4-18-50(54)51-19-5-8-22-55(51)60/h1-31,33-34,45-46,53H,32,35-38H2/t45?,46?,53-,57?,58?/m0/s1. The van der Waals surface area contributed by atoms with Crippen molar-refractivity contribution < 1.29 is 0 Å². The molecule has 5 fully saturated rings. The molecule has 0 aliphatic heterocycles. The summed E-state index contributed by atoms with van der Waals surface area (Å²) in [5.41, 5.74) is 17.2. The number of aromatic nitrogens is 1. The SMILES string of the molecule is c1ccc(-c2ccc(-c3ccc(N(c4cccc(-c5cccc(-n6c7ccccc7c7ccccc76)c5)c4)c4ccccc4C45CC6CC7CC6(C4)[C@H]7C5)cc3)cc2)cc1. The number of hydrogen-bond acceptors (Lipinski definition) is 1. The predicted molar refractivity (Wildman–Crippen MR) is 249 cm³/mol. The highest BCUT2D eigenvalue weighted by Crippen LogP contribution is 2.83. The van der Waals surface area contributed by atoms with Gasteiger partial charge in [0.1, 0.15) is 0 Å². The zero-order valence-electron chi connectivity index (χ0n) is 33.7. The molecule has 5 saturated carbocycles. The molecule has 0 radical (unpaired) electrons. The van der Waals surface area contributed by atoms with Gasteiger partial charge in [0, 0.05) is 33.5 Å². The molecule has 4 unspecified atom stereocenters. The first kappa shape index (κ1) is 34.2. The zero-order chi connectivity index (χ0) is 39.4. The van der Waals surface area contributed by atoms with Crippen LogP contribution in [0.5, 0.6) is 0 Å². The smallest absolute Gasteiger partial charge is 0.0541 e. The summed E-state index contributed by atoms with van der Waals surface area (Å²) in [6.45, 7) is 0. The maximum Gasteiger partial charge on any atom is 0.0541 e. The van der Waals surface area contributed by atoms with Crippen molar-refractivity contribution in [2.75, 3.05) is 4.90 Å². The second-order valence-corrected chi connectivity index (χ2v) is 18.4. The average molecular weight is 771 g/mol. The number of nitrogens with zero attached hydrogens (tertiary/aromatic N) is 2. The van der Waals surface area contributed by atoms with Crippen LogP contribution in [0.3, 0.4) is 0 Å². The first-order chi connectivity index (χ1) is 29.6. The minimum Gasteiger partial charge on any atom is -0.310 e. The number of rotatable bonds is 8. The van der Waals surface area contributed by atoms with Crippen molar-refractivity contribution in [2.45, 2.75) is 37.5 Å². The number of para-hydroxylation sites is 3. The molecule has 0 amide bonds. The largest absolute Gasteiger partial charge is 0.310 e. The molecular formula is C58H46N2. The molecule has 3 bridgehead atoms. The van der Waals surface area contributed by atoms with Crippen molar-refractivity contribution in [3.8, 4) is 39.1 Å². The van der Waals surface area contributed by atoms with Crippen LogP contribution in [0.15, 0.2) is 200 Å². The summed E-state index contributed by atoms with van der Waals surface area (Å²) in [5, 5.41) is 2.57. The van der Waals surface area contributed by atoms with Crippen LogP contribution in [-0.4, -0.2) is 4.57 Å². The van der Waals surface area contributed by atoms with Crippen molar-refractivity contribution in [1.29, 1.82) is 0 Å². The molecule has 60 heavy (non-hydrogen) atoms. The van der Waals surface area contributed by atoms with Gasteiger partial charge in [-0.25, -0.2) is 0 Å². The number of benzene rings is 8. The van der Waals surface area contributed by atoms with Crippen molar-refractivity contribution in [2.24, 2.45) is 23.2 Å². The molecule has 2 nitrogen and oxygen atoms in total. The zero-order valence-corrected chi connectivity index (χ0v) is 33.7. The third-order valence-corrected chi connectivity index (χ3v) is 15.6. The van der Waals surface area contributed by atoms with E-state index in [-0.39, 0.29) is 5.41 Å². The van der Waals surface area contributed by atoms with Crippen LogP contribution in [-0.2, 0) is 5.41 Å². The van der Waals surface area contributed by atoms with Gasteiger partial charge in [0.15, 0.2) is 0 Å². The molecule has 0 saturated heterocycles. The summed E-state index contributed by atoms with van der Waals surface area (Å²) in [4.78, 5) is 2.57. The van der Waals surface area contributed by atoms with Crippen LogP contribution >= 0.6 is 0 Å². The Hall–Kier alpha value is -6.64. The second kappa shape index (κ2) is 12.9. The van der Waals surface area contributed by atoms with Crippen LogP contribution in [0, 0.1) is 23.2 Å². The maximum atomic E-state index is 2.57. The number of anilines is 3. The van der Waals surface area contributed by atoms with Gasteiger partial charge in [0.2, 0.25) is 0 Å². The molecule has 5 aliphatic carbocycles. The van der Waals surface area contributed by atoms with Crippen molar-refractivity contribution in [3.05, 3.63) is 206 Å². The lowest BCUT2D eigenvalue weighted by Gasteiger charge is -2.45. The summed E-state index contributed by atoms with van der Waals surface area (Å²) in [6, 6.07) is 74.4.